The van der Waals surface area contributed by atoms with Crippen molar-refractivity contribution in [3.8, 4) is 5.75 Å². The van der Waals surface area contributed by atoms with Crippen LogP contribution in [0.1, 0.15) is 145 Å². The second-order valence-electron chi connectivity index (χ2n) is 13.2. The van der Waals surface area contributed by atoms with E-state index in [1.807, 2.05) is 6.07 Å². The number of benzene rings is 5. The second-order valence-corrected chi connectivity index (χ2v) is 13.2. The van der Waals surface area contributed by atoms with Gasteiger partial charge in [0, 0.05) is 5.92 Å². The molecule has 0 amide bonds. The average molecular weight is 711 g/mol. The highest BCUT2D eigenvalue weighted by Gasteiger charge is 2.12. The van der Waals surface area contributed by atoms with E-state index in [0.29, 0.717) is 11.8 Å². The molecule has 0 aromatic heterocycles. The first kappa shape index (κ1) is 57.2. The number of ether oxygens (including phenoxy) is 1. The quantitative estimate of drug-likeness (QED) is 0.163. The molecule has 0 saturated carbocycles. The standard InChI is InChI=1S/C14H14.C13H20O.C10H14.C8H10.6CH4/c1-12(13-8-4-2-5-9-13)14-10-6-3-7-11-14;1-10-6-7-11(2)12(8-10)14-9-13(3,4)5;1-3-9(2)10-7-5-4-6-8-10;1-2-8-6-4-3-5-7-8;;;;;;/h2-12H,1H3;6-8H,9H2,1-5H3;4-9H,3H2,1-2H3;3-7H,2H2,1H3;6*1H4. The minimum atomic E-state index is 0. The van der Waals surface area contributed by atoms with E-state index >= 15 is 0 Å². The van der Waals surface area contributed by atoms with E-state index in [2.05, 4.69) is 196 Å². The summed E-state index contributed by atoms with van der Waals surface area (Å²) in [7, 11) is 0. The molecule has 0 bridgehead atoms. The second kappa shape index (κ2) is 31.6. The van der Waals surface area contributed by atoms with Gasteiger partial charge in [-0.2, -0.15) is 0 Å². The van der Waals surface area contributed by atoms with Crippen LogP contribution in [0.3, 0.4) is 0 Å². The molecule has 5 aromatic rings. The van der Waals surface area contributed by atoms with Gasteiger partial charge in [-0.25, -0.2) is 0 Å². The van der Waals surface area contributed by atoms with Crippen LogP contribution in [-0.2, 0) is 6.42 Å². The topological polar surface area (TPSA) is 9.23 Å². The van der Waals surface area contributed by atoms with Crippen molar-refractivity contribution in [3.63, 3.8) is 0 Å². The Balaban J connectivity index is -0.000000185. The van der Waals surface area contributed by atoms with Crippen molar-refractivity contribution in [2.75, 3.05) is 6.61 Å². The van der Waals surface area contributed by atoms with Crippen LogP contribution in [-0.4, -0.2) is 6.61 Å². The molecule has 5 rings (SSSR count). The Labute approximate surface area is 325 Å². The summed E-state index contributed by atoms with van der Waals surface area (Å²) in [5.41, 5.74) is 8.28. The van der Waals surface area contributed by atoms with Crippen LogP contribution < -0.4 is 4.74 Å². The summed E-state index contributed by atoms with van der Waals surface area (Å²) in [6.45, 7) is 20.3. The molecule has 0 spiro atoms. The zero-order chi connectivity index (χ0) is 33.8. The highest BCUT2D eigenvalue weighted by atomic mass is 16.5. The lowest BCUT2D eigenvalue weighted by Crippen LogP contribution is -2.17. The first-order valence-corrected chi connectivity index (χ1v) is 16.9. The van der Waals surface area contributed by atoms with Crippen molar-refractivity contribution in [2.45, 2.75) is 132 Å². The summed E-state index contributed by atoms with van der Waals surface area (Å²) in [5.74, 6) is 2.21. The normalized spacial score (nSPS) is 9.81. The zero-order valence-corrected chi connectivity index (χ0v) is 30.0. The Morgan fingerprint density at radius 1 is 0.519 bits per heavy atom. The maximum Gasteiger partial charge on any atom is 0.122 e. The van der Waals surface area contributed by atoms with Crippen LogP contribution >= 0.6 is 0 Å². The monoisotopic (exact) mass is 711 g/mol. The van der Waals surface area contributed by atoms with Crippen molar-refractivity contribution >= 4 is 0 Å². The van der Waals surface area contributed by atoms with Gasteiger partial charge in [0.15, 0.2) is 0 Å². The summed E-state index contributed by atoms with van der Waals surface area (Å²) >= 11 is 0. The van der Waals surface area contributed by atoms with Crippen molar-refractivity contribution in [3.05, 3.63) is 173 Å². The number of aryl methyl sites for hydroxylation is 3. The predicted molar refractivity (Wildman–Crippen MR) is 243 cm³/mol. The lowest BCUT2D eigenvalue weighted by atomic mass is 9.93. The highest BCUT2D eigenvalue weighted by Crippen LogP contribution is 2.24. The van der Waals surface area contributed by atoms with Crippen molar-refractivity contribution in [1.29, 1.82) is 0 Å². The first-order chi connectivity index (χ1) is 22.0. The summed E-state index contributed by atoms with van der Waals surface area (Å²) in [5, 5.41) is 0. The lowest BCUT2D eigenvalue weighted by molar-refractivity contribution is 0.197. The third kappa shape index (κ3) is 23.4. The first-order valence-electron chi connectivity index (χ1n) is 16.9. The highest BCUT2D eigenvalue weighted by molar-refractivity contribution is 5.36. The van der Waals surface area contributed by atoms with Gasteiger partial charge >= 0.3 is 0 Å². The van der Waals surface area contributed by atoms with Gasteiger partial charge in [0.2, 0.25) is 0 Å². The predicted octanol–water partition coefficient (Wildman–Crippen LogP) is 16.8. The molecule has 0 N–H and O–H groups in total. The van der Waals surface area contributed by atoms with Gasteiger partial charge in [0.1, 0.15) is 5.75 Å². The molecule has 5 aromatic carbocycles. The van der Waals surface area contributed by atoms with Crippen LogP contribution in [0.5, 0.6) is 5.75 Å². The lowest BCUT2D eigenvalue weighted by Gasteiger charge is -2.20. The minimum Gasteiger partial charge on any atom is -0.493 e. The van der Waals surface area contributed by atoms with E-state index in [1.54, 1.807) is 0 Å². The molecule has 1 atom stereocenters. The third-order valence-corrected chi connectivity index (χ3v) is 7.84. The van der Waals surface area contributed by atoms with Crippen LogP contribution in [0.25, 0.3) is 0 Å². The minimum absolute atomic E-state index is 0. The van der Waals surface area contributed by atoms with Crippen molar-refractivity contribution in [1.82, 2.24) is 0 Å². The zero-order valence-electron chi connectivity index (χ0n) is 30.0. The van der Waals surface area contributed by atoms with Gasteiger partial charge in [-0.05, 0) is 77.5 Å². The van der Waals surface area contributed by atoms with Crippen LogP contribution in [0, 0.1) is 19.3 Å². The molecule has 52 heavy (non-hydrogen) atoms. The summed E-state index contributed by atoms with van der Waals surface area (Å²) in [4.78, 5) is 0. The van der Waals surface area contributed by atoms with Gasteiger partial charge in [-0.15, -0.1) is 0 Å². The third-order valence-electron chi connectivity index (χ3n) is 7.84. The van der Waals surface area contributed by atoms with Gasteiger partial charge in [0.05, 0.1) is 6.61 Å². The van der Waals surface area contributed by atoms with E-state index in [9.17, 15) is 0 Å². The fraction of sp³-hybridized carbons (Fsp3) is 0.412. The summed E-state index contributed by atoms with van der Waals surface area (Å²) in [6.07, 6.45) is 2.37. The van der Waals surface area contributed by atoms with Crippen molar-refractivity contribution < 1.29 is 4.74 Å². The smallest absolute Gasteiger partial charge is 0.122 e. The molecule has 1 nitrogen and oxygen atoms in total. The Morgan fingerprint density at radius 3 is 1.25 bits per heavy atom. The molecule has 0 aliphatic rings. The molecule has 0 aliphatic carbocycles. The molecule has 0 aliphatic heterocycles. The molecular weight excluding hydrogens is 629 g/mol. The maximum absolute atomic E-state index is 5.78. The van der Waals surface area contributed by atoms with Gasteiger partial charge in [0.25, 0.3) is 0 Å². The van der Waals surface area contributed by atoms with E-state index in [4.69, 9.17) is 4.74 Å². The number of hydrogen-bond acceptors (Lipinski definition) is 1. The average Bonchev–Trinajstić information content (AvgIpc) is 3.10. The maximum atomic E-state index is 5.78. The Morgan fingerprint density at radius 2 is 0.904 bits per heavy atom. The fourth-order valence-corrected chi connectivity index (χ4v) is 4.56. The number of hydrogen-bond donors (Lipinski definition) is 0. The molecular formula is C51H82O. The van der Waals surface area contributed by atoms with Crippen LogP contribution in [0.15, 0.2) is 140 Å². The molecule has 0 fully saturated rings. The molecule has 1 unspecified atom stereocenters. The van der Waals surface area contributed by atoms with Crippen molar-refractivity contribution in [2.24, 2.45) is 5.41 Å². The molecule has 0 radical (unpaired) electrons. The van der Waals surface area contributed by atoms with Gasteiger partial charge < -0.3 is 4.74 Å². The van der Waals surface area contributed by atoms with E-state index < -0.39 is 0 Å². The van der Waals surface area contributed by atoms with E-state index in [-0.39, 0.29) is 50.0 Å². The summed E-state index contributed by atoms with van der Waals surface area (Å²) in [6, 6.07) is 48.6. The van der Waals surface area contributed by atoms with E-state index in [0.717, 1.165) is 18.8 Å². The van der Waals surface area contributed by atoms with E-state index in [1.165, 1.54) is 39.8 Å². The van der Waals surface area contributed by atoms with Crippen LogP contribution in [0.2, 0.25) is 0 Å². The Bertz CT molecular complexity index is 1410. The largest absolute Gasteiger partial charge is 0.493 e. The Kier molecular flexibility index (Phi) is 34.8. The SMILES string of the molecule is C.C.C.C.C.C.CC(c1ccccc1)c1ccccc1.CCC(C)c1ccccc1.CCc1ccccc1.Cc1ccc(C)c(OCC(C)(C)C)c1. The number of rotatable bonds is 7. The molecule has 0 saturated heterocycles. The van der Waals surface area contributed by atoms with Gasteiger partial charge in [-0.1, -0.05) is 226 Å². The molecule has 1 heteroatoms. The molecule has 292 valence electrons. The molecule has 0 heterocycles. The fourth-order valence-electron chi connectivity index (χ4n) is 4.56. The van der Waals surface area contributed by atoms with Crippen LogP contribution in [0.4, 0.5) is 0 Å². The summed E-state index contributed by atoms with van der Waals surface area (Å²) < 4.78 is 5.78. The van der Waals surface area contributed by atoms with Gasteiger partial charge in [-0.3, -0.25) is 0 Å². The Hall–Kier alpha value is -4.10.